The molecule has 1 aliphatic carbocycles. The number of nitrogens with two attached hydrogens (primary N) is 1. The lowest BCUT2D eigenvalue weighted by Crippen LogP contribution is -2.40. The van der Waals surface area contributed by atoms with E-state index >= 15 is 0 Å². The first-order valence-corrected chi connectivity index (χ1v) is 7.40. The van der Waals surface area contributed by atoms with Gasteiger partial charge in [-0.3, -0.25) is 4.79 Å². The number of ketones is 1. The van der Waals surface area contributed by atoms with E-state index in [1.165, 1.54) is 6.42 Å². The quantitative estimate of drug-likeness (QED) is 0.863. The fraction of sp³-hybridized carbons (Fsp3) is 0.471. The number of hydrogen-bond acceptors (Lipinski definition) is 3. The fourth-order valence-corrected chi connectivity index (χ4v) is 3.33. The molecule has 1 saturated carbocycles. The smallest absolute Gasteiger partial charge is 0.205 e. The second kappa shape index (κ2) is 5.06. The molecule has 0 atom stereocenters. The van der Waals surface area contributed by atoms with Crippen molar-refractivity contribution in [2.24, 2.45) is 11.1 Å². The van der Waals surface area contributed by atoms with E-state index < -0.39 is 5.41 Å². The second-order valence-electron chi connectivity index (χ2n) is 5.98. The molecule has 2 N–H and O–H groups in total. The first kappa shape index (κ1) is 13.4. The largest absolute Gasteiger partial charge is 0.453 e. The maximum atomic E-state index is 12.9. The highest BCUT2D eigenvalue weighted by atomic mass is 16.3. The van der Waals surface area contributed by atoms with Crippen LogP contribution >= 0.6 is 0 Å². The minimum atomic E-state index is -0.403. The highest BCUT2D eigenvalue weighted by Crippen LogP contribution is 2.39. The molecular formula is C17H21NO2. The average Bonchev–Trinajstić information content (AvgIpc) is 2.92. The second-order valence-corrected chi connectivity index (χ2v) is 5.98. The third kappa shape index (κ3) is 2.06. The summed E-state index contributed by atoms with van der Waals surface area (Å²) in [6.45, 7) is 2.42. The Hall–Kier alpha value is -1.61. The van der Waals surface area contributed by atoms with Gasteiger partial charge in [-0.15, -0.1) is 0 Å². The molecule has 0 spiro atoms. The summed E-state index contributed by atoms with van der Waals surface area (Å²) in [4.78, 5) is 12.9. The molecule has 1 heterocycles. The SMILES string of the molecule is Cc1cccc2cc(C(=O)C3(CN)CCCCC3)oc12. The Balaban J connectivity index is 2.01. The highest BCUT2D eigenvalue weighted by Gasteiger charge is 2.40. The van der Waals surface area contributed by atoms with E-state index in [2.05, 4.69) is 0 Å². The number of Topliss-reactive ketones (excluding diaryl/α,β-unsaturated/α-hetero) is 1. The summed E-state index contributed by atoms with van der Waals surface area (Å²) in [6.07, 6.45) is 5.15. The van der Waals surface area contributed by atoms with Crippen LogP contribution in [0.5, 0.6) is 0 Å². The van der Waals surface area contributed by atoms with Crippen molar-refractivity contribution < 1.29 is 9.21 Å². The average molecular weight is 271 g/mol. The Morgan fingerprint density at radius 3 is 2.70 bits per heavy atom. The molecule has 0 unspecified atom stereocenters. The summed E-state index contributed by atoms with van der Waals surface area (Å²) < 4.78 is 5.84. The van der Waals surface area contributed by atoms with Crippen LogP contribution in [0.3, 0.4) is 0 Å². The van der Waals surface area contributed by atoms with E-state index in [0.717, 1.165) is 42.2 Å². The standard InChI is InChI=1S/C17H21NO2/c1-12-6-5-7-13-10-14(20-15(12)13)16(19)17(11-18)8-3-2-4-9-17/h5-7,10H,2-4,8-9,11,18H2,1H3. The molecule has 3 heteroatoms. The Morgan fingerprint density at radius 1 is 1.30 bits per heavy atom. The van der Waals surface area contributed by atoms with Gasteiger partial charge >= 0.3 is 0 Å². The van der Waals surface area contributed by atoms with Crippen molar-refractivity contribution in [2.75, 3.05) is 6.54 Å². The van der Waals surface area contributed by atoms with Crippen LogP contribution in [-0.2, 0) is 0 Å². The summed E-state index contributed by atoms with van der Waals surface area (Å²) in [5.74, 6) is 0.567. The van der Waals surface area contributed by atoms with Crippen molar-refractivity contribution in [1.29, 1.82) is 0 Å². The summed E-state index contributed by atoms with van der Waals surface area (Å²) in [7, 11) is 0. The Labute approximate surface area is 119 Å². The summed E-state index contributed by atoms with van der Waals surface area (Å²) >= 11 is 0. The zero-order chi connectivity index (χ0) is 14.2. The molecule has 0 aliphatic heterocycles. The Bertz CT molecular complexity index is 635. The zero-order valence-corrected chi connectivity index (χ0v) is 11.9. The number of para-hydroxylation sites is 1. The van der Waals surface area contributed by atoms with Crippen LogP contribution in [0.2, 0.25) is 0 Å². The minimum absolute atomic E-state index is 0.0929. The van der Waals surface area contributed by atoms with Gasteiger partial charge in [-0.1, -0.05) is 37.5 Å². The van der Waals surface area contributed by atoms with Crippen LogP contribution in [0.15, 0.2) is 28.7 Å². The van der Waals surface area contributed by atoms with Gasteiger partial charge in [0, 0.05) is 17.3 Å². The number of carbonyl (C=O) groups is 1. The van der Waals surface area contributed by atoms with Crippen LogP contribution in [0.1, 0.15) is 48.2 Å². The number of furan rings is 1. The van der Waals surface area contributed by atoms with Gasteiger partial charge in [-0.2, -0.15) is 0 Å². The lowest BCUT2D eigenvalue weighted by Gasteiger charge is -2.33. The number of aryl methyl sites for hydroxylation is 1. The van der Waals surface area contributed by atoms with Crippen LogP contribution < -0.4 is 5.73 Å². The van der Waals surface area contributed by atoms with Gasteiger partial charge < -0.3 is 10.2 Å². The van der Waals surface area contributed by atoms with Gasteiger partial charge in [0.15, 0.2) is 5.76 Å². The van der Waals surface area contributed by atoms with E-state index in [9.17, 15) is 4.79 Å². The third-order valence-electron chi connectivity index (χ3n) is 4.65. The zero-order valence-electron chi connectivity index (χ0n) is 11.9. The minimum Gasteiger partial charge on any atom is -0.453 e. The number of fused-ring (bicyclic) bond motifs is 1. The third-order valence-corrected chi connectivity index (χ3v) is 4.65. The summed E-state index contributed by atoms with van der Waals surface area (Å²) in [5.41, 5.74) is 7.42. The maximum Gasteiger partial charge on any atom is 0.205 e. The van der Waals surface area contributed by atoms with Crippen LogP contribution in [0, 0.1) is 12.3 Å². The predicted molar refractivity (Wildman–Crippen MR) is 79.9 cm³/mol. The lowest BCUT2D eigenvalue weighted by atomic mass is 9.70. The molecule has 1 fully saturated rings. The van der Waals surface area contributed by atoms with Gasteiger partial charge in [0.1, 0.15) is 5.58 Å². The van der Waals surface area contributed by atoms with Crippen molar-refractivity contribution >= 4 is 16.8 Å². The molecule has 1 aromatic carbocycles. The van der Waals surface area contributed by atoms with Crippen molar-refractivity contribution in [2.45, 2.75) is 39.0 Å². The molecule has 0 saturated heterocycles. The maximum absolute atomic E-state index is 12.9. The van der Waals surface area contributed by atoms with Crippen LogP contribution in [0.25, 0.3) is 11.0 Å². The van der Waals surface area contributed by atoms with Gasteiger partial charge in [0.25, 0.3) is 0 Å². The predicted octanol–water partition coefficient (Wildman–Crippen LogP) is 3.83. The number of carbonyl (C=O) groups excluding carboxylic acids is 1. The molecule has 2 aromatic rings. The van der Waals surface area contributed by atoms with E-state index in [1.54, 1.807) is 0 Å². The van der Waals surface area contributed by atoms with Crippen molar-refractivity contribution in [3.8, 4) is 0 Å². The monoisotopic (exact) mass is 271 g/mol. The lowest BCUT2D eigenvalue weighted by molar-refractivity contribution is 0.0700. The molecule has 1 aliphatic rings. The molecule has 0 bridgehead atoms. The van der Waals surface area contributed by atoms with Gasteiger partial charge in [-0.05, 0) is 31.4 Å². The van der Waals surface area contributed by atoms with E-state index in [4.69, 9.17) is 10.2 Å². The Morgan fingerprint density at radius 2 is 2.05 bits per heavy atom. The van der Waals surface area contributed by atoms with E-state index in [1.807, 2.05) is 31.2 Å². The molecule has 106 valence electrons. The summed E-state index contributed by atoms with van der Waals surface area (Å²) in [6, 6.07) is 7.84. The normalized spacial score (nSPS) is 18.3. The van der Waals surface area contributed by atoms with E-state index in [-0.39, 0.29) is 5.78 Å². The molecular weight excluding hydrogens is 250 g/mol. The van der Waals surface area contributed by atoms with Crippen molar-refractivity contribution in [3.05, 3.63) is 35.6 Å². The first-order valence-electron chi connectivity index (χ1n) is 7.40. The number of rotatable bonds is 3. The van der Waals surface area contributed by atoms with E-state index in [0.29, 0.717) is 12.3 Å². The first-order chi connectivity index (χ1) is 9.66. The van der Waals surface area contributed by atoms with Crippen molar-refractivity contribution in [3.63, 3.8) is 0 Å². The van der Waals surface area contributed by atoms with Crippen LogP contribution in [-0.4, -0.2) is 12.3 Å². The van der Waals surface area contributed by atoms with Gasteiger partial charge in [0.05, 0.1) is 0 Å². The Kier molecular flexibility index (Phi) is 3.38. The topological polar surface area (TPSA) is 56.2 Å². The molecule has 20 heavy (non-hydrogen) atoms. The summed E-state index contributed by atoms with van der Waals surface area (Å²) in [5, 5.41) is 0.997. The molecule has 3 rings (SSSR count). The van der Waals surface area contributed by atoms with Crippen molar-refractivity contribution in [1.82, 2.24) is 0 Å². The van der Waals surface area contributed by atoms with Gasteiger partial charge in [0.2, 0.25) is 5.78 Å². The fourth-order valence-electron chi connectivity index (χ4n) is 3.33. The molecule has 0 radical (unpaired) electrons. The van der Waals surface area contributed by atoms with Gasteiger partial charge in [-0.25, -0.2) is 0 Å². The molecule has 1 aromatic heterocycles. The number of hydrogen-bond donors (Lipinski definition) is 1. The molecule has 0 amide bonds. The van der Waals surface area contributed by atoms with Crippen LogP contribution in [0.4, 0.5) is 0 Å². The highest BCUT2D eigenvalue weighted by molar-refractivity contribution is 6.01. The molecule has 3 nitrogen and oxygen atoms in total. The number of benzene rings is 1.